The molecule has 1 aromatic rings. The fourth-order valence-corrected chi connectivity index (χ4v) is 2.26. The van der Waals surface area contributed by atoms with Gasteiger partial charge in [-0.15, -0.1) is 0 Å². The van der Waals surface area contributed by atoms with Crippen LogP contribution in [0.25, 0.3) is 0 Å². The summed E-state index contributed by atoms with van der Waals surface area (Å²) in [5.74, 6) is 0.820. The number of hydrogen-bond donors (Lipinski definition) is 0. The third-order valence-corrected chi connectivity index (χ3v) is 3.41. The minimum absolute atomic E-state index is 0.0190. The number of hydrogen-bond acceptors (Lipinski definition) is 3. The van der Waals surface area contributed by atoms with E-state index in [1.165, 1.54) is 10.5 Å². The normalized spacial score (nSPS) is 15.1. The summed E-state index contributed by atoms with van der Waals surface area (Å²) < 4.78 is 5.10. The van der Waals surface area contributed by atoms with E-state index in [4.69, 9.17) is 4.74 Å². The molecule has 1 aliphatic rings. The molecule has 0 saturated carbocycles. The number of rotatable bonds is 6. The highest BCUT2D eigenvalue weighted by Crippen LogP contribution is 2.15. The van der Waals surface area contributed by atoms with Gasteiger partial charge in [0.25, 0.3) is 0 Å². The quantitative estimate of drug-likeness (QED) is 0.582. The average Bonchev–Trinajstić information content (AvgIpc) is 2.75. The van der Waals surface area contributed by atoms with Crippen molar-refractivity contribution in [3.05, 3.63) is 29.8 Å². The van der Waals surface area contributed by atoms with Gasteiger partial charge in [-0.1, -0.05) is 12.1 Å². The van der Waals surface area contributed by atoms with E-state index in [2.05, 4.69) is 0 Å². The maximum Gasteiger partial charge on any atom is 0.229 e. The molecule has 0 aromatic heterocycles. The van der Waals surface area contributed by atoms with Crippen molar-refractivity contribution < 1.29 is 14.3 Å². The van der Waals surface area contributed by atoms with E-state index in [-0.39, 0.29) is 11.8 Å². The summed E-state index contributed by atoms with van der Waals surface area (Å²) in [6.45, 7) is 0.563. The maximum atomic E-state index is 11.4. The monoisotopic (exact) mass is 261 g/mol. The molecule has 0 unspecified atom stereocenters. The van der Waals surface area contributed by atoms with Crippen LogP contribution in [0.1, 0.15) is 31.2 Å². The second-order valence-electron chi connectivity index (χ2n) is 4.74. The molecule has 4 heteroatoms. The fraction of sp³-hybridized carbons (Fsp3) is 0.467. The molecule has 19 heavy (non-hydrogen) atoms. The fourth-order valence-electron chi connectivity index (χ4n) is 2.26. The van der Waals surface area contributed by atoms with Gasteiger partial charge in [-0.2, -0.15) is 0 Å². The van der Waals surface area contributed by atoms with Crippen molar-refractivity contribution in [1.82, 2.24) is 4.90 Å². The van der Waals surface area contributed by atoms with Gasteiger partial charge in [-0.3, -0.25) is 14.5 Å². The Balaban J connectivity index is 1.71. The molecule has 1 aliphatic heterocycles. The highest BCUT2D eigenvalue weighted by atomic mass is 16.5. The first kappa shape index (κ1) is 13.6. The Labute approximate surface area is 113 Å². The SMILES string of the molecule is COc1ccc(CCCCN2C(=O)CCC2=O)cc1. The van der Waals surface area contributed by atoms with E-state index in [9.17, 15) is 9.59 Å². The van der Waals surface area contributed by atoms with E-state index in [1.54, 1.807) is 7.11 Å². The summed E-state index contributed by atoms with van der Waals surface area (Å²) in [6, 6.07) is 7.99. The van der Waals surface area contributed by atoms with Crippen molar-refractivity contribution in [2.45, 2.75) is 32.1 Å². The van der Waals surface area contributed by atoms with Crippen LogP contribution in [0.2, 0.25) is 0 Å². The highest BCUT2D eigenvalue weighted by Gasteiger charge is 2.27. The summed E-state index contributed by atoms with van der Waals surface area (Å²) in [5, 5.41) is 0. The van der Waals surface area contributed by atoms with E-state index < -0.39 is 0 Å². The Morgan fingerprint density at radius 1 is 1.05 bits per heavy atom. The number of imide groups is 1. The highest BCUT2D eigenvalue weighted by molar-refractivity contribution is 6.01. The van der Waals surface area contributed by atoms with Gasteiger partial charge in [-0.25, -0.2) is 0 Å². The van der Waals surface area contributed by atoms with Gasteiger partial charge in [0.05, 0.1) is 7.11 Å². The van der Waals surface area contributed by atoms with Gasteiger partial charge in [0.1, 0.15) is 5.75 Å². The summed E-state index contributed by atoms with van der Waals surface area (Å²) in [6.07, 6.45) is 3.57. The van der Waals surface area contributed by atoms with Crippen LogP contribution in [0.5, 0.6) is 5.75 Å². The van der Waals surface area contributed by atoms with Gasteiger partial charge < -0.3 is 4.74 Å². The van der Waals surface area contributed by atoms with Crippen molar-refractivity contribution in [3.63, 3.8) is 0 Å². The predicted octanol–water partition coefficient (Wildman–Crippen LogP) is 2.17. The number of methoxy groups -OCH3 is 1. The molecule has 0 spiro atoms. The van der Waals surface area contributed by atoms with Crippen LogP contribution in [0.15, 0.2) is 24.3 Å². The number of likely N-dealkylation sites (tertiary alicyclic amines) is 1. The molecule has 0 radical (unpaired) electrons. The molecular formula is C15H19NO3. The molecule has 2 rings (SSSR count). The summed E-state index contributed by atoms with van der Waals surface area (Å²) in [5.41, 5.74) is 1.25. The number of benzene rings is 1. The molecule has 0 atom stereocenters. The lowest BCUT2D eigenvalue weighted by atomic mass is 10.1. The Morgan fingerprint density at radius 3 is 2.26 bits per heavy atom. The zero-order chi connectivity index (χ0) is 13.7. The van der Waals surface area contributed by atoms with Gasteiger partial charge >= 0.3 is 0 Å². The molecule has 1 saturated heterocycles. The number of nitrogens with zero attached hydrogens (tertiary/aromatic N) is 1. The first-order valence-corrected chi connectivity index (χ1v) is 6.67. The van der Waals surface area contributed by atoms with Crippen molar-refractivity contribution in [3.8, 4) is 5.75 Å². The van der Waals surface area contributed by atoms with E-state index in [0.717, 1.165) is 25.0 Å². The molecule has 1 heterocycles. The number of amides is 2. The van der Waals surface area contributed by atoms with E-state index in [0.29, 0.717) is 19.4 Å². The number of aryl methyl sites for hydroxylation is 1. The standard InChI is InChI=1S/C15H19NO3/c1-19-13-7-5-12(6-8-13)4-2-3-11-16-14(17)9-10-15(16)18/h5-8H,2-4,9-11H2,1H3. The Bertz CT molecular complexity index is 437. The molecule has 1 fully saturated rings. The lowest BCUT2D eigenvalue weighted by Crippen LogP contribution is -2.29. The van der Waals surface area contributed by atoms with Crippen LogP contribution in [0.4, 0.5) is 0 Å². The lowest BCUT2D eigenvalue weighted by Gasteiger charge is -2.13. The maximum absolute atomic E-state index is 11.4. The van der Waals surface area contributed by atoms with Gasteiger partial charge in [-0.05, 0) is 37.0 Å². The Morgan fingerprint density at radius 2 is 1.68 bits per heavy atom. The molecular weight excluding hydrogens is 242 g/mol. The third-order valence-electron chi connectivity index (χ3n) is 3.41. The van der Waals surface area contributed by atoms with Crippen LogP contribution >= 0.6 is 0 Å². The van der Waals surface area contributed by atoms with Crippen molar-refractivity contribution >= 4 is 11.8 Å². The van der Waals surface area contributed by atoms with Crippen molar-refractivity contribution in [1.29, 1.82) is 0 Å². The molecule has 0 aliphatic carbocycles. The molecule has 102 valence electrons. The first-order chi connectivity index (χ1) is 9.20. The zero-order valence-electron chi connectivity index (χ0n) is 11.2. The average molecular weight is 261 g/mol. The van der Waals surface area contributed by atoms with Gasteiger partial charge in [0.15, 0.2) is 0 Å². The van der Waals surface area contributed by atoms with Gasteiger partial charge in [0, 0.05) is 19.4 Å². The van der Waals surface area contributed by atoms with Crippen LogP contribution in [-0.2, 0) is 16.0 Å². The molecule has 2 amide bonds. The van der Waals surface area contributed by atoms with Crippen LogP contribution in [-0.4, -0.2) is 30.4 Å². The lowest BCUT2D eigenvalue weighted by molar-refractivity contribution is -0.138. The van der Waals surface area contributed by atoms with Crippen molar-refractivity contribution in [2.24, 2.45) is 0 Å². The molecule has 1 aromatic carbocycles. The van der Waals surface area contributed by atoms with E-state index in [1.807, 2.05) is 24.3 Å². The second kappa shape index (κ2) is 6.36. The minimum Gasteiger partial charge on any atom is -0.497 e. The predicted molar refractivity (Wildman–Crippen MR) is 71.9 cm³/mol. The molecule has 0 bridgehead atoms. The zero-order valence-corrected chi connectivity index (χ0v) is 11.2. The van der Waals surface area contributed by atoms with Crippen LogP contribution < -0.4 is 4.74 Å². The molecule has 4 nitrogen and oxygen atoms in total. The number of carbonyl (C=O) groups is 2. The second-order valence-corrected chi connectivity index (χ2v) is 4.74. The summed E-state index contributed by atoms with van der Waals surface area (Å²) in [7, 11) is 1.65. The summed E-state index contributed by atoms with van der Waals surface area (Å²) >= 11 is 0. The van der Waals surface area contributed by atoms with Crippen LogP contribution in [0, 0.1) is 0 Å². The molecule has 0 N–H and O–H groups in total. The Kier molecular flexibility index (Phi) is 4.55. The van der Waals surface area contributed by atoms with Crippen molar-refractivity contribution in [2.75, 3.05) is 13.7 Å². The first-order valence-electron chi connectivity index (χ1n) is 6.67. The third kappa shape index (κ3) is 3.56. The minimum atomic E-state index is -0.0190. The topological polar surface area (TPSA) is 46.6 Å². The largest absolute Gasteiger partial charge is 0.497 e. The van der Waals surface area contributed by atoms with E-state index >= 15 is 0 Å². The van der Waals surface area contributed by atoms with Crippen LogP contribution in [0.3, 0.4) is 0 Å². The number of ether oxygens (including phenoxy) is 1. The Hall–Kier alpha value is -1.84. The van der Waals surface area contributed by atoms with Gasteiger partial charge in [0.2, 0.25) is 11.8 Å². The number of carbonyl (C=O) groups excluding carboxylic acids is 2. The number of unbranched alkanes of at least 4 members (excludes halogenated alkanes) is 1. The summed E-state index contributed by atoms with van der Waals surface area (Å²) in [4.78, 5) is 24.2. The smallest absolute Gasteiger partial charge is 0.229 e.